The topological polar surface area (TPSA) is 190 Å². The standard InChI is InChI=1S/C15H35N11/c1-12(16)25-13(17)22-10-5-11-24-15(19)26-14(18)23-9-4-8-21-7-3-6-20-2/h20-21H,3-11H2,1-2H3,(H4,16,17,22,25)(H5,18,19,23,24,26). The summed E-state index contributed by atoms with van der Waals surface area (Å²) in [7, 11) is 1.95. The SMILES string of the molecule is CNCCCNCCCN=C(N)NC(N)=NCCCN=C(N)/N=C(/C)N. The Morgan fingerprint density at radius 2 is 1.35 bits per heavy atom. The monoisotopic (exact) mass is 369 g/mol. The highest BCUT2D eigenvalue weighted by Gasteiger charge is 1.95. The van der Waals surface area contributed by atoms with Gasteiger partial charge in [0, 0.05) is 19.6 Å². The number of amidine groups is 1. The van der Waals surface area contributed by atoms with Crippen molar-refractivity contribution in [2.75, 3.05) is 46.3 Å². The Labute approximate surface area is 155 Å². The van der Waals surface area contributed by atoms with E-state index in [1.165, 1.54) is 0 Å². The summed E-state index contributed by atoms with van der Waals surface area (Å²) in [4.78, 5) is 16.2. The lowest BCUT2D eigenvalue weighted by molar-refractivity contribution is 0.610. The number of hydrogen-bond acceptors (Lipinski definition) is 5. The number of guanidine groups is 3. The molecule has 11 N–H and O–H groups in total. The first-order valence-corrected chi connectivity index (χ1v) is 8.78. The van der Waals surface area contributed by atoms with E-state index in [2.05, 4.69) is 35.9 Å². The van der Waals surface area contributed by atoms with Crippen LogP contribution in [-0.4, -0.2) is 70.0 Å². The third-order valence-electron chi connectivity index (χ3n) is 2.99. The van der Waals surface area contributed by atoms with Gasteiger partial charge < -0.3 is 33.6 Å². The molecular formula is C15H35N11. The molecule has 11 nitrogen and oxygen atoms in total. The van der Waals surface area contributed by atoms with E-state index in [0.29, 0.717) is 31.9 Å². The van der Waals surface area contributed by atoms with Crippen LogP contribution in [0.25, 0.3) is 0 Å². The molecule has 0 aromatic rings. The lowest BCUT2D eigenvalue weighted by Crippen LogP contribution is -2.41. The number of aliphatic imine (C=N–C) groups is 4. The molecule has 0 unspecified atom stereocenters. The molecule has 0 saturated carbocycles. The van der Waals surface area contributed by atoms with Crippen LogP contribution in [0.1, 0.15) is 26.2 Å². The van der Waals surface area contributed by atoms with Crippen LogP contribution >= 0.6 is 0 Å². The molecule has 26 heavy (non-hydrogen) atoms. The Balaban J connectivity index is 3.83. The summed E-state index contributed by atoms with van der Waals surface area (Å²) in [6.07, 6.45) is 2.69. The number of nitrogens with zero attached hydrogens (tertiary/aromatic N) is 4. The third-order valence-corrected chi connectivity index (χ3v) is 2.99. The average molecular weight is 370 g/mol. The molecule has 0 aromatic heterocycles. The van der Waals surface area contributed by atoms with Gasteiger partial charge in [-0.05, 0) is 52.9 Å². The van der Waals surface area contributed by atoms with Crippen LogP contribution in [0.15, 0.2) is 20.0 Å². The van der Waals surface area contributed by atoms with Crippen molar-refractivity contribution in [3.05, 3.63) is 0 Å². The van der Waals surface area contributed by atoms with Crippen molar-refractivity contribution in [2.45, 2.75) is 26.2 Å². The Morgan fingerprint density at radius 3 is 1.96 bits per heavy atom. The highest BCUT2D eigenvalue weighted by Crippen LogP contribution is 1.85. The molecule has 0 radical (unpaired) electrons. The van der Waals surface area contributed by atoms with Crippen molar-refractivity contribution in [2.24, 2.45) is 42.9 Å². The molecule has 0 amide bonds. The third kappa shape index (κ3) is 16.5. The molecular weight excluding hydrogens is 334 g/mol. The Kier molecular flexibility index (Phi) is 14.6. The second-order valence-electron chi connectivity index (χ2n) is 5.57. The molecule has 0 atom stereocenters. The average Bonchev–Trinajstić information content (AvgIpc) is 2.56. The van der Waals surface area contributed by atoms with E-state index in [0.717, 1.165) is 32.5 Å². The molecule has 0 fully saturated rings. The maximum Gasteiger partial charge on any atom is 0.216 e. The minimum atomic E-state index is 0.160. The quantitative estimate of drug-likeness (QED) is 0.116. The largest absolute Gasteiger partial charge is 0.387 e. The van der Waals surface area contributed by atoms with Gasteiger partial charge in [0.1, 0.15) is 0 Å². The van der Waals surface area contributed by atoms with Gasteiger partial charge in [-0.15, -0.1) is 0 Å². The van der Waals surface area contributed by atoms with Gasteiger partial charge in [-0.25, -0.2) is 4.99 Å². The molecule has 0 saturated heterocycles. The van der Waals surface area contributed by atoms with Gasteiger partial charge in [-0.3, -0.25) is 20.3 Å². The Bertz CT molecular complexity index is 478. The van der Waals surface area contributed by atoms with Crippen molar-refractivity contribution < 1.29 is 0 Å². The summed E-state index contributed by atoms with van der Waals surface area (Å²) in [6, 6.07) is 0. The molecule has 11 heteroatoms. The molecule has 0 spiro atoms. The van der Waals surface area contributed by atoms with E-state index in [4.69, 9.17) is 22.9 Å². The van der Waals surface area contributed by atoms with Crippen molar-refractivity contribution in [3.63, 3.8) is 0 Å². The van der Waals surface area contributed by atoms with E-state index >= 15 is 0 Å². The molecule has 0 aromatic carbocycles. The number of rotatable bonds is 12. The summed E-state index contributed by atoms with van der Waals surface area (Å²) in [6.45, 7) is 6.16. The molecule has 0 rings (SSSR count). The molecule has 0 aliphatic heterocycles. The van der Waals surface area contributed by atoms with Crippen molar-refractivity contribution in [1.29, 1.82) is 0 Å². The van der Waals surface area contributed by atoms with Crippen LogP contribution in [0.3, 0.4) is 0 Å². The minimum absolute atomic E-state index is 0.160. The molecule has 150 valence electrons. The lowest BCUT2D eigenvalue weighted by atomic mass is 10.4. The first-order chi connectivity index (χ1) is 12.5. The zero-order valence-electron chi connectivity index (χ0n) is 16.0. The minimum Gasteiger partial charge on any atom is -0.387 e. The van der Waals surface area contributed by atoms with Crippen molar-refractivity contribution in [1.82, 2.24) is 16.0 Å². The molecule has 0 aliphatic carbocycles. The van der Waals surface area contributed by atoms with Crippen LogP contribution in [0.2, 0.25) is 0 Å². The van der Waals surface area contributed by atoms with E-state index < -0.39 is 0 Å². The van der Waals surface area contributed by atoms with Gasteiger partial charge >= 0.3 is 0 Å². The number of nitrogens with two attached hydrogens (primary N) is 4. The molecule has 0 aliphatic rings. The zero-order chi connectivity index (χ0) is 19.6. The highest BCUT2D eigenvalue weighted by atomic mass is 15.2. The number of hydrogen-bond donors (Lipinski definition) is 7. The van der Waals surface area contributed by atoms with E-state index in [9.17, 15) is 0 Å². The predicted molar refractivity (Wildman–Crippen MR) is 111 cm³/mol. The summed E-state index contributed by atoms with van der Waals surface area (Å²) in [5, 5.41) is 9.20. The zero-order valence-corrected chi connectivity index (χ0v) is 16.0. The van der Waals surface area contributed by atoms with E-state index in [1.54, 1.807) is 6.92 Å². The fraction of sp³-hybridized carbons (Fsp3) is 0.733. The fourth-order valence-corrected chi connectivity index (χ4v) is 1.81. The van der Waals surface area contributed by atoms with Crippen molar-refractivity contribution >= 4 is 23.7 Å². The summed E-state index contributed by atoms with van der Waals surface area (Å²) in [5.74, 6) is 1.02. The van der Waals surface area contributed by atoms with Gasteiger partial charge in [0.05, 0.1) is 5.84 Å². The smallest absolute Gasteiger partial charge is 0.216 e. The summed E-state index contributed by atoms with van der Waals surface area (Å²) >= 11 is 0. The second kappa shape index (κ2) is 16.1. The Morgan fingerprint density at radius 1 is 0.769 bits per heavy atom. The maximum absolute atomic E-state index is 5.76. The van der Waals surface area contributed by atoms with Gasteiger partial charge in [0.2, 0.25) is 5.96 Å². The van der Waals surface area contributed by atoms with E-state index in [-0.39, 0.29) is 17.9 Å². The lowest BCUT2D eigenvalue weighted by Gasteiger charge is -2.05. The normalized spacial score (nSPS) is 13.9. The van der Waals surface area contributed by atoms with E-state index in [1.807, 2.05) is 7.05 Å². The summed E-state index contributed by atoms with van der Waals surface area (Å²) in [5.41, 5.74) is 22.4. The second-order valence-corrected chi connectivity index (χ2v) is 5.57. The first-order valence-electron chi connectivity index (χ1n) is 8.78. The summed E-state index contributed by atoms with van der Waals surface area (Å²) < 4.78 is 0. The van der Waals surface area contributed by atoms with Gasteiger partial charge in [0.25, 0.3) is 0 Å². The molecule has 0 heterocycles. The van der Waals surface area contributed by atoms with Gasteiger partial charge in [0.15, 0.2) is 11.9 Å². The van der Waals surface area contributed by atoms with Crippen molar-refractivity contribution in [3.8, 4) is 0 Å². The predicted octanol–water partition coefficient (Wildman–Crippen LogP) is -2.12. The first kappa shape index (κ1) is 23.6. The maximum atomic E-state index is 5.76. The Hall–Kier alpha value is -2.40. The van der Waals surface area contributed by atoms with Crippen LogP contribution < -0.4 is 38.9 Å². The van der Waals surface area contributed by atoms with Crippen LogP contribution in [-0.2, 0) is 0 Å². The van der Waals surface area contributed by atoms with Crippen LogP contribution in [0, 0.1) is 0 Å². The molecule has 0 bridgehead atoms. The van der Waals surface area contributed by atoms with Crippen LogP contribution in [0.5, 0.6) is 0 Å². The number of nitrogens with one attached hydrogen (secondary N) is 3. The van der Waals surface area contributed by atoms with Gasteiger partial charge in [-0.1, -0.05) is 0 Å². The van der Waals surface area contributed by atoms with Gasteiger partial charge in [-0.2, -0.15) is 0 Å². The fourth-order valence-electron chi connectivity index (χ4n) is 1.81. The highest BCUT2D eigenvalue weighted by molar-refractivity contribution is 5.97. The van der Waals surface area contributed by atoms with Crippen LogP contribution in [0.4, 0.5) is 0 Å².